The van der Waals surface area contributed by atoms with Gasteiger partial charge in [-0.1, -0.05) is 30.3 Å². The van der Waals surface area contributed by atoms with Gasteiger partial charge in [-0.15, -0.1) is 0 Å². The molecule has 0 saturated carbocycles. The Morgan fingerprint density at radius 2 is 1.86 bits per heavy atom. The van der Waals surface area contributed by atoms with Crippen LogP contribution in [0.15, 0.2) is 54.9 Å². The van der Waals surface area contributed by atoms with E-state index in [2.05, 4.69) is 57.2 Å². The van der Waals surface area contributed by atoms with Gasteiger partial charge in [0.25, 0.3) is 0 Å². The van der Waals surface area contributed by atoms with Crippen LogP contribution in [0.5, 0.6) is 0 Å². The Hall–Kier alpha value is -1.75. The van der Waals surface area contributed by atoms with Crippen molar-refractivity contribution in [2.24, 2.45) is 11.8 Å². The van der Waals surface area contributed by atoms with Crippen LogP contribution in [-0.2, 0) is 16.7 Å². The molecular formula is C24H31N3O. The third-order valence-corrected chi connectivity index (χ3v) is 7.16. The van der Waals surface area contributed by atoms with E-state index >= 15 is 0 Å². The lowest BCUT2D eigenvalue weighted by molar-refractivity contribution is 0.117. The standard InChI is InChI=1S/C24H31N3O/c1-2-4-22(5-3-1)24-9-12-26(14-20-6-10-25-11-7-20)16-23(24)17-27(19-24)15-21-8-13-28-18-21/h1-7,10-11,21,23H,8-9,12-19H2. The second-order valence-electron chi connectivity index (χ2n) is 8.98. The summed E-state index contributed by atoms with van der Waals surface area (Å²) in [6, 6.07) is 15.6. The fourth-order valence-corrected chi connectivity index (χ4v) is 5.72. The first kappa shape index (κ1) is 18.3. The molecule has 2 aromatic rings. The Labute approximate surface area is 168 Å². The summed E-state index contributed by atoms with van der Waals surface area (Å²) in [6.45, 7) is 8.94. The highest BCUT2D eigenvalue weighted by molar-refractivity contribution is 5.30. The van der Waals surface area contributed by atoms with Gasteiger partial charge >= 0.3 is 0 Å². The molecule has 28 heavy (non-hydrogen) atoms. The highest BCUT2D eigenvalue weighted by Crippen LogP contribution is 2.45. The van der Waals surface area contributed by atoms with Gasteiger partial charge in [-0.25, -0.2) is 0 Å². The molecule has 0 amide bonds. The summed E-state index contributed by atoms with van der Waals surface area (Å²) in [4.78, 5) is 9.56. The molecule has 0 aliphatic carbocycles. The van der Waals surface area contributed by atoms with Gasteiger partial charge in [-0.3, -0.25) is 9.88 Å². The lowest BCUT2D eigenvalue weighted by Gasteiger charge is -2.44. The summed E-state index contributed by atoms with van der Waals surface area (Å²) < 4.78 is 5.64. The van der Waals surface area contributed by atoms with Crippen LogP contribution in [0.1, 0.15) is 24.0 Å². The molecule has 1 aromatic heterocycles. The molecule has 3 atom stereocenters. The van der Waals surface area contributed by atoms with Crippen molar-refractivity contribution in [1.82, 2.24) is 14.8 Å². The SMILES string of the molecule is c1ccc(C23CCN(Cc4ccncc4)CC2CN(CC2CCOC2)C3)cc1. The van der Waals surface area contributed by atoms with Crippen LogP contribution in [-0.4, -0.2) is 60.7 Å². The van der Waals surface area contributed by atoms with Gasteiger partial charge in [0.15, 0.2) is 0 Å². The molecule has 1 aromatic carbocycles. The molecule has 0 radical (unpaired) electrons. The zero-order chi connectivity index (χ0) is 18.8. The number of hydrogen-bond acceptors (Lipinski definition) is 4. The molecular weight excluding hydrogens is 346 g/mol. The van der Waals surface area contributed by atoms with E-state index in [9.17, 15) is 0 Å². The molecule has 3 fully saturated rings. The predicted molar refractivity (Wildman–Crippen MR) is 111 cm³/mol. The maximum Gasteiger partial charge on any atom is 0.0507 e. The largest absolute Gasteiger partial charge is 0.381 e. The van der Waals surface area contributed by atoms with Gasteiger partial charge < -0.3 is 9.64 Å². The van der Waals surface area contributed by atoms with Crippen molar-refractivity contribution >= 4 is 0 Å². The quantitative estimate of drug-likeness (QED) is 0.800. The minimum absolute atomic E-state index is 0.315. The molecule has 148 valence electrons. The van der Waals surface area contributed by atoms with Crippen molar-refractivity contribution in [1.29, 1.82) is 0 Å². The minimum atomic E-state index is 0.315. The first-order valence-electron chi connectivity index (χ1n) is 10.8. The molecule has 0 N–H and O–H groups in total. The van der Waals surface area contributed by atoms with Crippen LogP contribution in [0.2, 0.25) is 0 Å². The molecule has 3 saturated heterocycles. The molecule has 4 heterocycles. The molecule has 3 aliphatic rings. The summed E-state index contributed by atoms with van der Waals surface area (Å²) in [5.41, 5.74) is 3.24. The van der Waals surface area contributed by atoms with Gasteiger partial charge in [-0.2, -0.15) is 0 Å². The molecule has 3 unspecified atom stereocenters. The zero-order valence-electron chi connectivity index (χ0n) is 16.7. The number of piperidine rings is 1. The summed E-state index contributed by atoms with van der Waals surface area (Å²) in [5.74, 6) is 1.42. The van der Waals surface area contributed by atoms with Gasteiger partial charge in [0.05, 0.1) is 6.61 Å². The lowest BCUT2D eigenvalue weighted by Crippen LogP contribution is -2.49. The second-order valence-corrected chi connectivity index (χ2v) is 8.98. The first-order valence-corrected chi connectivity index (χ1v) is 10.8. The van der Waals surface area contributed by atoms with Crippen molar-refractivity contribution in [3.05, 3.63) is 66.0 Å². The Bertz CT molecular complexity index is 762. The summed E-state index contributed by atoms with van der Waals surface area (Å²) >= 11 is 0. The van der Waals surface area contributed by atoms with E-state index in [0.29, 0.717) is 11.3 Å². The van der Waals surface area contributed by atoms with Crippen molar-refractivity contribution in [2.45, 2.75) is 24.8 Å². The Balaban J connectivity index is 1.34. The van der Waals surface area contributed by atoms with Crippen molar-refractivity contribution in [2.75, 3.05) is 45.9 Å². The van der Waals surface area contributed by atoms with Crippen LogP contribution in [0.4, 0.5) is 0 Å². The van der Waals surface area contributed by atoms with E-state index in [1.165, 1.54) is 51.1 Å². The lowest BCUT2D eigenvalue weighted by atomic mass is 9.68. The number of ether oxygens (including phenoxy) is 1. The molecule has 3 aliphatic heterocycles. The summed E-state index contributed by atoms with van der Waals surface area (Å²) in [5, 5.41) is 0. The Morgan fingerprint density at radius 1 is 1.04 bits per heavy atom. The third-order valence-electron chi connectivity index (χ3n) is 7.16. The van der Waals surface area contributed by atoms with E-state index in [-0.39, 0.29) is 0 Å². The number of likely N-dealkylation sites (tertiary alicyclic amines) is 2. The van der Waals surface area contributed by atoms with Crippen LogP contribution >= 0.6 is 0 Å². The number of benzene rings is 1. The average Bonchev–Trinajstić information content (AvgIpc) is 3.37. The number of aromatic nitrogens is 1. The smallest absolute Gasteiger partial charge is 0.0507 e. The van der Waals surface area contributed by atoms with Gasteiger partial charge in [0.2, 0.25) is 0 Å². The fourth-order valence-electron chi connectivity index (χ4n) is 5.72. The number of pyridine rings is 1. The molecule has 4 nitrogen and oxygen atoms in total. The van der Waals surface area contributed by atoms with Gasteiger partial charge in [0.1, 0.15) is 0 Å². The van der Waals surface area contributed by atoms with Crippen LogP contribution in [0.3, 0.4) is 0 Å². The highest BCUT2D eigenvalue weighted by Gasteiger charge is 2.50. The number of fused-ring (bicyclic) bond motifs is 1. The number of nitrogens with zero attached hydrogens (tertiary/aromatic N) is 3. The Morgan fingerprint density at radius 3 is 2.64 bits per heavy atom. The van der Waals surface area contributed by atoms with Gasteiger partial charge in [-0.05, 0) is 54.5 Å². The molecule has 0 spiro atoms. The van der Waals surface area contributed by atoms with Crippen LogP contribution in [0.25, 0.3) is 0 Å². The van der Waals surface area contributed by atoms with Crippen molar-refractivity contribution < 1.29 is 4.74 Å². The third kappa shape index (κ3) is 3.61. The van der Waals surface area contributed by atoms with E-state index < -0.39 is 0 Å². The number of rotatable bonds is 5. The number of hydrogen-bond donors (Lipinski definition) is 0. The summed E-state index contributed by atoms with van der Waals surface area (Å²) in [7, 11) is 0. The van der Waals surface area contributed by atoms with Crippen molar-refractivity contribution in [3.8, 4) is 0 Å². The first-order chi connectivity index (χ1) is 13.8. The summed E-state index contributed by atoms with van der Waals surface area (Å²) in [6.07, 6.45) is 6.31. The van der Waals surface area contributed by atoms with Crippen molar-refractivity contribution in [3.63, 3.8) is 0 Å². The highest BCUT2D eigenvalue weighted by atomic mass is 16.5. The topological polar surface area (TPSA) is 28.6 Å². The van der Waals surface area contributed by atoms with E-state index in [1.807, 2.05) is 12.4 Å². The monoisotopic (exact) mass is 377 g/mol. The average molecular weight is 378 g/mol. The molecule has 0 bridgehead atoms. The maximum absolute atomic E-state index is 5.64. The second kappa shape index (κ2) is 7.94. The Kier molecular flexibility index (Phi) is 5.19. The normalized spacial score (nSPS) is 31.1. The molecule has 4 heteroatoms. The van der Waals surface area contributed by atoms with E-state index in [0.717, 1.165) is 25.7 Å². The van der Waals surface area contributed by atoms with E-state index in [1.54, 1.807) is 5.56 Å². The minimum Gasteiger partial charge on any atom is -0.381 e. The van der Waals surface area contributed by atoms with E-state index in [4.69, 9.17) is 4.74 Å². The van der Waals surface area contributed by atoms with Crippen LogP contribution in [0, 0.1) is 11.8 Å². The zero-order valence-corrected chi connectivity index (χ0v) is 16.7. The predicted octanol–water partition coefficient (Wildman–Crippen LogP) is 3.19. The van der Waals surface area contributed by atoms with Crippen LogP contribution < -0.4 is 0 Å². The fraction of sp³-hybridized carbons (Fsp3) is 0.542. The molecule has 5 rings (SSSR count). The maximum atomic E-state index is 5.64. The van der Waals surface area contributed by atoms with Gasteiger partial charge in [0, 0.05) is 57.1 Å².